The third-order valence-electron chi connectivity index (χ3n) is 14.3. The summed E-state index contributed by atoms with van der Waals surface area (Å²) in [6, 6.07) is 12.9. The number of aliphatic hydroxyl groups is 4. The van der Waals surface area contributed by atoms with E-state index in [2.05, 4.69) is 39.0 Å². The maximum Gasteiger partial charge on any atom is 0.194 e. The number of rotatable bonds is 14. The summed E-state index contributed by atoms with van der Waals surface area (Å²) in [6.07, 6.45) is 2.80. The Balaban J connectivity index is 0.000000216. The number of aliphatic hydroxyl groups excluding tert-OH is 4. The van der Waals surface area contributed by atoms with Crippen LogP contribution in [-0.4, -0.2) is 94.9 Å². The Hall–Kier alpha value is -6.38. The zero-order valence-electron chi connectivity index (χ0n) is 40.7. The van der Waals surface area contributed by atoms with Gasteiger partial charge in [-0.25, -0.2) is 35.1 Å². The molecule has 0 amide bonds. The zero-order chi connectivity index (χ0) is 53.2. The lowest BCUT2D eigenvalue weighted by molar-refractivity contribution is -0.0122. The predicted molar refractivity (Wildman–Crippen MR) is 262 cm³/mol. The van der Waals surface area contributed by atoms with Crippen LogP contribution >= 0.6 is 0 Å². The SMILES string of the molecule is COc1ccc2ncc(F)c([C@H](O)CCC3(CO)CCN(CC#Cc4c(F)cc(F)cc4F)CC3)c2c1.COc1ccc2ncc(F)c([C@H](O)CCC3([C@@H](O)CC#Cc4cc(F)c(F)c(F)c4)CCNCC3)c2c1. The number of nitrogens with one attached hydrogen (secondary N) is 1. The van der Waals surface area contributed by atoms with Crippen LogP contribution in [0.2, 0.25) is 0 Å². The standard InChI is InChI=1S/2C28H28F4N2O3/c1-37-19-4-5-25-21(15-19)27(24(32)16-33-25)26(36)6-7-28(17-35)8-11-34(12-9-28)10-2-3-20-22(30)13-18(29)14-23(20)31;1-37-18-5-6-23-19(15-18)26(22(31)16-34-23)24(35)7-8-28(9-11-33-12-10-28)25(36)4-2-3-17-13-20(29)27(32)21(30)14-17/h4-5,13-16,26,35-36H,6-12,17H2,1H3;5-6,13-16,24-25,33,35-36H,4,7-12H2,1H3/t26-;24-,25+/m11/s1. The van der Waals surface area contributed by atoms with Gasteiger partial charge < -0.3 is 35.2 Å². The molecule has 2 fully saturated rings. The van der Waals surface area contributed by atoms with Crippen molar-refractivity contribution in [2.24, 2.45) is 10.8 Å². The van der Waals surface area contributed by atoms with Crippen LogP contribution in [0, 0.1) is 81.0 Å². The second-order valence-corrected chi connectivity index (χ2v) is 18.8. The molecule has 0 aliphatic carbocycles. The Morgan fingerprint density at radius 1 is 0.649 bits per heavy atom. The summed E-state index contributed by atoms with van der Waals surface area (Å²) < 4.78 is 121. The van der Waals surface area contributed by atoms with Crippen molar-refractivity contribution in [1.82, 2.24) is 20.2 Å². The van der Waals surface area contributed by atoms with Crippen molar-refractivity contribution in [3.05, 3.63) is 142 Å². The predicted octanol–water partition coefficient (Wildman–Crippen LogP) is 9.53. The molecule has 2 aliphatic heterocycles. The lowest BCUT2D eigenvalue weighted by Crippen LogP contribution is -2.44. The second kappa shape index (κ2) is 24.8. The summed E-state index contributed by atoms with van der Waals surface area (Å²) >= 11 is 0. The van der Waals surface area contributed by atoms with E-state index >= 15 is 0 Å². The highest BCUT2D eigenvalue weighted by molar-refractivity contribution is 5.85. The summed E-state index contributed by atoms with van der Waals surface area (Å²) in [5.41, 5.74) is -0.194. The zero-order valence-corrected chi connectivity index (χ0v) is 40.7. The van der Waals surface area contributed by atoms with Crippen molar-refractivity contribution >= 4 is 21.8 Å². The van der Waals surface area contributed by atoms with Crippen molar-refractivity contribution in [3.63, 3.8) is 0 Å². The number of aromatic nitrogens is 2. The van der Waals surface area contributed by atoms with Gasteiger partial charge in [0.25, 0.3) is 0 Å². The Bertz CT molecular complexity index is 3030. The number of pyridine rings is 2. The molecule has 8 rings (SSSR count). The molecular formula is C56H56F8N4O6. The number of likely N-dealkylation sites (tertiary alicyclic amines) is 1. The topological polar surface area (TPSA) is 140 Å². The van der Waals surface area contributed by atoms with Gasteiger partial charge in [-0.2, -0.15) is 0 Å². The molecule has 0 saturated carbocycles. The maximum atomic E-state index is 14.8. The van der Waals surface area contributed by atoms with E-state index in [9.17, 15) is 55.5 Å². The highest BCUT2D eigenvalue weighted by Gasteiger charge is 2.39. The summed E-state index contributed by atoms with van der Waals surface area (Å²) in [6.45, 7) is 2.65. The minimum absolute atomic E-state index is 0.0143. The number of ether oxygens (including phenoxy) is 2. The molecule has 392 valence electrons. The first-order valence-electron chi connectivity index (χ1n) is 24.1. The van der Waals surface area contributed by atoms with Crippen LogP contribution in [0.5, 0.6) is 11.5 Å². The molecule has 3 atom stereocenters. The molecule has 2 saturated heterocycles. The van der Waals surface area contributed by atoms with E-state index in [-0.39, 0.29) is 49.1 Å². The van der Waals surface area contributed by atoms with Gasteiger partial charge in [0, 0.05) is 52.6 Å². The second-order valence-electron chi connectivity index (χ2n) is 18.8. The fraction of sp³-hybridized carbons (Fsp3) is 0.393. The van der Waals surface area contributed by atoms with E-state index in [1.165, 1.54) is 14.2 Å². The molecule has 0 bridgehead atoms. The van der Waals surface area contributed by atoms with E-state index in [0.717, 1.165) is 24.5 Å². The van der Waals surface area contributed by atoms with Crippen LogP contribution in [0.3, 0.4) is 0 Å². The van der Waals surface area contributed by atoms with Gasteiger partial charge in [0.15, 0.2) is 17.5 Å². The Morgan fingerprint density at radius 3 is 1.69 bits per heavy atom. The summed E-state index contributed by atoms with van der Waals surface area (Å²) in [5, 5.41) is 47.5. The van der Waals surface area contributed by atoms with E-state index < -0.39 is 81.2 Å². The van der Waals surface area contributed by atoms with Gasteiger partial charge in [0.2, 0.25) is 0 Å². The van der Waals surface area contributed by atoms with Crippen LogP contribution < -0.4 is 14.8 Å². The van der Waals surface area contributed by atoms with Crippen molar-refractivity contribution in [2.75, 3.05) is 53.6 Å². The van der Waals surface area contributed by atoms with Crippen LogP contribution in [-0.2, 0) is 0 Å². The van der Waals surface area contributed by atoms with Crippen LogP contribution in [0.4, 0.5) is 35.1 Å². The fourth-order valence-corrected chi connectivity index (χ4v) is 9.77. The van der Waals surface area contributed by atoms with E-state index in [1.807, 2.05) is 4.90 Å². The molecule has 4 heterocycles. The summed E-state index contributed by atoms with van der Waals surface area (Å²) in [7, 11) is 3.00. The third kappa shape index (κ3) is 13.1. The molecule has 2 aromatic heterocycles. The number of hydrogen-bond acceptors (Lipinski definition) is 10. The van der Waals surface area contributed by atoms with E-state index in [4.69, 9.17) is 9.47 Å². The number of piperidine rings is 2. The van der Waals surface area contributed by atoms with Crippen LogP contribution in [0.1, 0.15) is 92.2 Å². The number of nitrogens with zero attached hydrogens (tertiary/aromatic N) is 3. The van der Waals surface area contributed by atoms with Gasteiger partial charge in [-0.1, -0.05) is 23.7 Å². The van der Waals surface area contributed by atoms with Gasteiger partial charge in [0.1, 0.15) is 40.6 Å². The molecule has 18 heteroatoms. The quantitative estimate of drug-likeness (QED) is 0.0407. The smallest absolute Gasteiger partial charge is 0.194 e. The normalized spacial score (nSPS) is 16.5. The summed E-state index contributed by atoms with van der Waals surface area (Å²) in [5.74, 6) is 3.00. The molecule has 6 aromatic rings. The minimum Gasteiger partial charge on any atom is -0.497 e. The van der Waals surface area contributed by atoms with Gasteiger partial charge in [-0.15, -0.1) is 0 Å². The largest absolute Gasteiger partial charge is 0.497 e. The molecule has 0 spiro atoms. The van der Waals surface area contributed by atoms with E-state index in [0.29, 0.717) is 110 Å². The Morgan fingerprint density at radius 2 is 1.18 bits per heavy atom. The average Bonchev–Trinajstić information content (AvgIpc) is 3.39. The summed E-state index contributed by atoms with van der Waals surface area (Å²) in [4.78, 5) is 10.2. The highest BCUT2D eigenvalue weighted by Crippen LogP contribution is 2.43. The molecule has 0 radical (unpaired) electrons. The number of hydrogen-bond donors (Lipinski definition) is 5. The van der Waals surface area contributed by atoms with Crippen LogP contribution in [0.25, 0.3) is 21.8 Å². The van der Waals surface area contributed by atoms with Gasteiger partial charge in [-0.3, -0.25) is 14.9 Å². The van der Waals surface area contributed by atoms with Crippen LogP contribution in [0.15, 0.2) is 73.1 Å². The lowest BCUT2D eigenvalue weighted by atomic mass is 9.69. The molecule has 2 aliphatic rings. The Labute approximate surface area is 423 Å². The van der Waals surface area contributed by atoms with Gasteiger partial charge >= 0.3 is 0 Å². The van der Waals surface area contributed by atoms with Crippen molar-refractivity contribution in [1.29, 1.82) is 0 Å². The average molecular weight is 1030 g/mol. The van der Waals surface area contributed by atoms with Crippen molar-refractivity contribution < 1.29 is 65.0 Å². The molecule has 10 nitrogen and oxygen atoms in total. The van der Waals surface area contributed by atoms with Gasteiger partial charge in [0.05, 0.1) is 68.1 Å². The molecular weight excluding hydrogens is 977 g/mol. The van der Waals surface area contributed by atoms with Crippen molar-refractivity contribution in [2.45, 2.75) is 76.1 Å². The van der Waals surface area contributed by atoms with E-state index in [1.54, 1.807) is 36.4 Å². The van der Waals surface area contributed by atoms with Gasteiger partial charge in [-0.05, 0) is 137 Å². The fourth-order valence-electron chi connectivity index (χ4n) is 9.77. The number of fused-ring (bicyclic) bond motifs is 2. The number of halogens is 8. The lowest BCUT2D eigenvalue weighted by Gasteiger charge is -2.41. The first-order chi connectivity index (χ1) is 35.5. The Kier molecular flexibility index (Phi) is 18.5. The van der Waals surface area contributed by atoms with Crippen molar-refractivity contribution in [3.8, 4) is 35.2 Å². The monoisotopic (exact) mass is 1030 g/mol. The number of benzene rings is 4. The first-order valence-corrected chi connectivity index (χ1v) is 24.1. The molecule has 5 N–H and O–H groups in total. The third-order valence-corrected chi connectivity index (χ3v) is 14.3. The number of methoxy groups -OCH3 is 2. The highest BCUT2D eigenvalue weighted by atomic mass is 19.2. The molecule has 0 unspecified atom stereocenters. The molecule has 74 heavy (non-hydrogen) atoms. The molecule has 4 aromatic carbocycles. The maximum absolute atomic E-state index is 14.8. The minimum atomic E-state index is -1.56. The first kappa shape index (κ1) is 55.4.